The van der Waals surface area contributed by atoms with E-state index in [-0.39, 0.29) is 35.5 Å². The van der Waals surface area contributed by atoms with Gasteiger partial charge in [0.25, 0.3) is 0 Å². The van der Waals surface area contributed by atoms with E-state index in [2.05, 4.69) is 19.7 Å². The number of carboxylic acids is 2. The van der Waals surface area contributed by atoms with Crippen molar-refractivity contribution < 1.29 is 33.0 Å². The van der Waals surface area contributed by atoms with Crippen LogP contribution in [0, 0.1) is 0 Å². The van der Waals surface area contributed by atoms with Gasteiger partial charge in [0.1, 0.15) is 6.04 Å². The van der Waals surface area contributed by atoms with Crippen molar-refractivity contribution in [3.05, 3.63) is 38.0 Å². The Morgan fingerprint density at radius 3 is 1.63 bits per heavy atom. The fourth-order valence-electron chi connectivity index (χ4n) is 0.739. The van der Waals surface area contributed by atoms with Gasteiger partial charge < -0.3 is 15.9 Å². The Morgan fingerprint density at radius 1 is 0.967 bits per heavy atom. The summed E-state index contributed by atoms with van der Waals surface area (Å²) in [7, 11) is -0.603. The van der Waals surface area contributed by atoms with Crippen molar-refractivity contribution in [2.75, 3.05) is 23.0 Å². The van der Waals surface area contributed by atoms with Crippen LogP contribution in [0.3, 0.4) is 0 Å². The summed E-state index contributed by atoms with van der Waals surface area (Å²) in [5.74, 6) is -1.73. The molecular weight excluding hydrogens is 450 g/mol. The fourth-order valence-corrected chi connectivity index (χ4v) is 3.54. The van der Waals surface area contributed by atoms with Crippen molar-refractivity contribution in [1.82, 2.24) is 0 Å². The average Bonchev–Trinajstić information content (AvgIpc) is 2.54. The van der Waals surface area contributed by atoms with E-state index in [1.165, 1.54) is 16.9 Å². The minimum absolute atomic E-state index is 0. The molecule has 8 nitrogen and oxygen atoms in total. The first-order chi connectivity index (χ1) is 12.0. The molecular formula is C19H41NO7S3. The van der Waals surface area contributed by atoms with Gasteiger partial charge in [-0.1, -0.05) is 58.7 Å². The van der Waals surface area contributed by atoms with Crippen molar-refractivity contribution in [3.63, 3.8) is 0 Å². The van der Waals surface area contributed by atoms with Crippen LogP contribution in [0.1, 0.15) is 36.6 Å². The predicted octanol–water partition coefficient (Wildman–Crippen LogP) is 3.29. The van der Waals surface area contributed by atoms with Gasteiger partial charge in [-0.05, 0) is 0 Å². The molecule has 0 spiro atoms. The second-order valence-corrected chi connectivity index (χ2v) is 9.08. The van der Waals surface area contributed by atoms with Crippen molar-refractivity contribution in [1.29, 1.82) is 0 Å². The number of carbonyl (C=O) groups excluding carboxylic acids is 1. The summed E-state index contributed by atoms with van der Waals surface area (Å²) in [6.07, 6.45) is 4.88. The molecule has 0 saturated carbocycles. The van der Waals surface area contributed by atoms with Gasteiger partial charge in [0.15, 0.2) is 0 Å². The molecule has 0 saturated heterocycles. The van der Waals surface area contributed by atoms with Crippen LogP contribution in [0.4, 0.5) is 0 Å². The number of carbonyl (C=O) groups is 3. The standard InChI is InChI=1S/C6H11NO3S.C6H10OS2.C3H4O3.4CH4/c1-2-3-11(10)4-5(7)6(8)9;1-3-5-8-9(7)6-4-2;1-2(4)3(5)6;;;;/h2,5H,1,3-4,7H2,(H,8,9);3-4H,1-2,5-6H2;1H3,(H,5,6);4*1H4. The molecule has 0 aliphatic carbocycles. The van der Waals surface area contributed by atoms with Crippen LogP contribution in [-0.2, 0) is 35.0 Å². The lowest BCUT2D eigenvalue weighted by atomic mass is 10.4. The molecule has 0 heterocycles. The van der Waals surface area contributed by atoms with E-state index in [9.17, 15) is 22.8 Å². The van der Waals surface area contributed by atoms with Crippen molar-refractivity contribution >= 4 is 49.1 Å². The average molecular weight is 492 g/mol. The third-order valence-corrected chi connectivity index (χ3v) is 5.94. The number of aliphatic carboxylic acids is 2. The maximum atomic E-state index is 10.9. The van der Waals surface area contributed by atoms with E-state index in [1.54, 1.807) is 12.2 Å². The molecule has 0 aliphatic rings. The Labute approximate surface area is 191 Å². The first-order valence-electron chi connectivity index (χ1n) is 6.94. The largest absolute Gasteiger partial charge is 0.480 e. The minimum atomic E-state index is -1.38. The van der Waals surface area contributed by atoms with Gasteiger partial charge in [0.05, 0.1) is 15.6 Å². The Kier molecular flexibility index (Phi) is 49.9. The zero-order valence-corrected chi connectivity index (χ0v) is 16.9. The summed E-state index contributed by atoms with van der Waals surface area (Å²) in [5, 5.41) is 16.0. The summed E-state index contributed by atoms with van der Waals surface area (Å²) in [5.41, 5.74) is 5.12. The van der Waals surface area contributed by atoms with E-state index in [4.69, 9.17) is 15.9 Å². The lowest BCUT2D eigenvalue weighted by Gasteiger charge is -2.03. The molecule has 0 amide bonds. The second kappa shape index (κ2) is 32.1. The van der Waals surface area contributed by atoms with Crippen LogP contribution >= 0.6 is 10.8 Å². The van der Waals surface area contributed by atoms with E-state index in [0.717, 1.165) is 12.7 Å². The topological polar surface area (TPSA) is 152 Å². The normalized spacial score (nSPS) is 10.9. The molecule has 0 fully saturated rings. The third kappa shape index (κ3) is 41.0. The highest BCUT2D eigenvalue weighted by Crippen LogP contribution is 2.06. The van der Waals surface area contributed by atoms with Crippen LogP contribution in [-0.4, -0.2) is 65.4 Å². The van der Waals surface area contributed by atoms with Gasteiger partial charge in [-0.2, -0.15) is 0 Å². The molecule has 3 unspecified atom stereocenters. The Morgan fingerprint density at radius 2 is 1.37 bits per heavy atom. The second-order valence-electron chi connectivity index (χ2n) is 4.20. The molecule has 3 atom stereocenters. The SMILES string of the molecule is C.C.C.C.C=CCS(=O)CC(N)C(=O)O.C=CCSS(=O)CC=C.CC(=O)C(=O)O. The summed E-state index contributed by atoms with van der Waals surface area (Å²) in [4.78, 5) is 29.0. The summed E-state index contributed by atoms with van der Waals surface area (Å²) in [6.45, 7) is 11.4. The number of ketones is 1. The van der Waals surface area contributed by atoms with Crippen molar-refractivity contribution in [3.8, 4) is 0 Å². The van der Waals surface area contributed by atoms with Gasteiger partial charge >= 0.3 is 11.9 Å². The Balaban J connectivity index is -0.0000000513. The lowest BCUT2D eigenvalue weighted by molar-refractivity contribution is -0.148. The quantitative estimate of drug-likeness (QED) is 0.224. The molecule has 4 N–H and O–H groups in total. The molecule has 11 heteroatoms. The van der Waals surface area contributed by atoms with Crippen LogP contribution in [0.2, 0.25) is 0 Å². The van der Waals surface area contributed by atoms with Gasteiger partial charge in [-0.3, -0.25) is 13.8 Å². The molecule has 0 aliphatic heterocycles. The van der Waals surface area contributed by atoms with Crippen LogP contribution < -0.4 is 5.73 Å². The van der Waals surface area contributed by atoms with Crippen molar-refractivity contribution in [2.24, 2.45) is 5.73 Å². The maximum Gasteiger partial charge on any atom is 0.371 e. The molecule has 0 radical (unpaired) electrons. The molecule has 0 aromatic rings. The highest BCUT2D eigenvalue weighted by Gasteiger charge is 2.13. The van der Waals surface area contributed by atoms with Crippen LogP contribution in [0.15, 0.2) is 38.0 Å². The van der Waals surface area contributed by atoms with Crippen molar-refractivity contribution in [2.45, 2.75) is 42.7 Å². The highest BCUT2D eigenvalue weighted by molar-refractivity contribution is 8.69. The molecule has 30 heavy (non-hydrogen) atoms. The number of carboxylic acid groups (broad SMARTS) is 2. The summed E-state index contributed by atoms with van der Waals surface area (Å²) >= 11 is 0. The third-order valence-electron chi connectivity index (χ3n) is 1.86. The molecule has 0 aromatic carbocycles. The Bertz CT molecular complexity index is 526. The van der Waals surface area contributed by atoms with Crippen LogP contribution in [0.25, 0.3) is 0 Å². The van der Waals surface area contributed by atoms with Gasteiger partial charge in [-0.25, -0.2) is 9.00 Å². The zero-order chi connectivity index (χ0) is 21.1. The van der Waals surface area contributed by atoms with Gasteiger partial charge in [-0.15, -0.1) is 19.7 Å². The highest BCUT2D eigenvalue weighted by atomic mass is 33.1. The molecule has 182 valence electrons. The zero-order valence-electron chi connectivity index (χ0n) is 14.5. The predicted molar refractivity (Wildman–Crippen MR) is 135 cm³/mol. The maximum absolute atomic E-state index is 10.9. The first kappa shape index (κ1) is 46.6. The van der Waals surface area contributed by atoms with E-state index >= 15 is 0 Å². The lowest BCUT2D eigenvalue weighted by Crippen LogP contribution is -2.35. The van der Waals surface area contributed by atoms with Crippen LogP contribution in [0.5, 0.6) is 0 Å². The minimum Gasteiger partial charge on any atom is -0.480 e. The first-order valence-corrected chi connectivity index (χ1v) is 11.3. The molecule has 0 bridgehead atoms. The number of hydrogen-bond acceptors (Lipinski definition) is 7. The summed E-state index contributed by atoms with van der Waals surface area (Å²) in [6, 6.07) is -1.03. The monoisotopic (exact) mass is 491 g/mol. The molecule has 0 aromatic heterocycles. The van der Waals surface area contributed by atoms with E-state index in [0.29, 0.717) is 11.5 Å². The number of hydrogen-bond donors (Lipinski definition) is 3. The number of rotatable bonds is 11. The fraction of sp³-hybridized carbons (Fsp3) is 0.526. The number of Topliss-reactive ketones (excluding diaryl/α,β-unsaturated/α-hetero) is 1. The van der Waals surface area contributed by atoms with Gasteiger partial charge in [0, 0.05) is 35.0 Å². The van der Waals surface area contributed by atoms with Gasteiger partial charge in [0.2, 0.25) is 5.78 Å². The van der Waals surface area contributed by atoms with E-state index < -0.39 is 44.4 Å². The molecule has 0 rings (SSSR count). The van der Waals surface area contributed by atoms with E-state index in [1.807, 2.05) is 0 Å². The smallest absolute Gasteiger partial charge is 0.371 e. The number of nitrogens with two attached hydrogens (primary N) is 1. The Hall–Kier alpha value is -1.56. The summed E-state index contributed by atoms with van der Waals surface area (Å²) < 4.78 is 21.6.